The third-order valence-corrected chi connectivity index (χ3v) is 4.50. The molecule has 0 aliphatic heterocycles. The summed E-state index contributed by atoms with van der Waals surface area (Å²) in [6.07, 6.45) is 0.654. The van der Waals surface area contributed by atoms with Crippen LogP contribution in [0, 0.1) is 0 Å². The zero-order valence-corrected chi connectivity index (χ0v) is 15.2. The van der Waals surface area contributed by atoms with Gasteiger partial charge in [-0.3, -0.25) is 13.8 Å². The fourth-order valence-corrected chi connectivity index (χ4v) is 2.88. The number of amides is 1. The van der Waals surface area contributed by atoms with E-state index in [9.17, 15) is 18.6 Å². The van der Waals surface area contributed by atoms with Gasteiger partial charge in [-0.15, -0.1) is 0 Å². The van der Waals surface area contributed by atoms with Gasteiger partial charge in [-0.05, 0) is 25.5 Å². The second kappa shape index (κ2) is 11.4. The van der Waals surface area contributed by atoms with E-state index in [0.717, 1.165) is 0 Å². The van der Waals surface area contributed by atoms with Crippen LogP contribution in [0.3, 0.4) is 0 Å². The molecule has 0 fully saturated rings. The lowest BCUT2D eigenvalue weighted by molar-refractivity contribution is -0.143. The number of ether oxygens (including phenoxy) is 2. The van der Waals surface area contributed by atoms with Crippen LogP contribution >= 0.6 is 0 Å². The Labute approximate surface area is 149 Å². The van der Waals surface area contributed by atoms with E-state index in [1.165, 1.54) is 6.07 Å². The molecule has 1 aromatic rings. The van der Waals surface area contributed by atoms with Crippen molar-refractivity contribution in [2.24, 2.45) is 0 Å². The molecule has 7 nitrogen and oxygen atoms in total. The molecule has 1 atom stereocenters. The lowest BCUT2D eigenvalue weighted by Crippen LogP contribution is -2.30. The van der Waals surface area contributed by atoms with Crippen molar-refractivity contribution in [3.63, 3.8) is 0 Å². The monoisotopic (exact) mass is 369 g/mol. The zero-order chi connectivity index (χ0) is 18.7. The van der Waals surface area contributed by atoms with E-state index in [2.05, 4.69) is 5.32 Å². The summed E-state index contributed by atoms with van der Waals surface area (Å²) in [5.41, 5.74) is 0.192. The van der Waals surface area contributed by atoms with Crippen LogP contribution in [-0.4, -0.2) is 47.6 Å². The van der Waals surface area contributed by atoms with Gasteiger partial charge in [0, 0.05) is 18.7 Å². The van der Waals surface area contributed by atoms with E-state index in [0.29, 0.717) is 23.7 Å². The first-order valence-corrected chi connectivity index (χ1v) is 9.38. The van der Waals surface area contributed by atoms with Gasteiger partial charge in [0.15, 0.2) is 6.61 Å². The van der Waals surface area contributed by atoms with Crippen molar-refractivity contribution in [3.05, 3.63) is 29.8 Å². The van der Waals surface area contributed by atoms with Gasteiger partial charge in [-0.2, -0.15) is 0 Å². The maximum absolute atomic E-state index is 12.1. The highest BCUT2D eigenvalue weighted by Crippen LogP contribution is 2.15. The highest BCUT2D eigenvalue weighted by Gasteiger charge is 2.17. The van der Waals surface area contributed by atoms with Gasteiger partial charge in [0.05, 0.1) is 27.9 Å². The minimum atomic E-state index is -1.29. The van der Waals surface area contributed by atoms with Gasteiger partial charge in [-0.25, -0.2) is 4.79 Å². The van der Waals surface area contributed by atoms with Crippen LogP contribution in [0.25, 0.3) is 0 Å². The summed E-state index contributed by atoms with van der Waals surface area (Å²) in [4.78, 5) is 35.3. The van der Waals surface area contributed by atoms with Gasteiger partial charge in [0.1, 0.15) is 0 Å². The van der Waals surface area contributed by atoms with E-state index in [1.54, 1.807) is 32.0 Å². The Morgan fingerprint density at radius 2 is 1.84 bits per heavy atom. The van der Waals surface area contributed by atoms with Crippen LogP contribution in [0.15, 0.2) is 29.2 Å². The number of rotatable bonds is 10. The molecule has 1 N–H and O–H groups in total. The summed E-state index contributed by atoms with van der Waals surface area (Å²) >= 11 is 0. The first-order chi connectivity index (χ1) is 12.0. The van der Waals surface area contributed by atoms with E-state index in [-0.39, 0.29) is 24.5 Å². The minimum absolute atomic E-state index is 0.192. The summed E-state index contributed by atoms with van der Waals surface area (Å²) in [6.45, 7) is 3.65. The topological polar surface area (TPSA) is 98.8 Å². The Morgan fingerprint density at radius 3 is 2.52 bits per heavy atom. The molecule has 25 heavy (non-hydrogen) atoms. The molecule has 0 saturated heterocycles. The van der Waals surface area contributed by atoms with Crippen LogP contribution in [0.2, 0.25) is 0 Å². The Hall–Kier alpha value is -2.22. The van der Waals surface area contributed by atoms with Gasteiger partial charge >= 0.3 is 11.9 Å². The average molecular weight is 369 g/mol. The van der Waals surface area contributed by atoms with Crippen molar-refractivity contribution in [2.75, 3.05) is 25.5 Å². The normalized spacial score (nSPS) is 11.4. The third-order valence-electron chi connectivity index (χ3n) is 3.13. The molecule has 1 rings (SSSR count). The van der Waals surface area contributed by atoms with Crippen molar-refractivity contribution >= 4 is 28.6 Å². The smallest absolute Gasteiger partial charge is 0.339 e. The molecule has 138 valence electrons. The molecule has 0 radical (unpaired) electrons. The lowest BCUT2D eigenvalue weighted by Gasteiger charge is -2.09. The van der Waals surface area contributed by atoms with Gasteiger partial charge in [-0.1, -0.05) is 19.1 Å². The maximum Gasteiger partial charge on any atom is 0.339 e. The Kier molecular flexibility index (Phi) is 9.46. The van der Waals surface area contributed by atoms with Crippen molar-refractivity contribution in [1.29, 1.82) is 0 Å². The van der Waals surface area contributed by atoms with Gasteiger partial charge in [0.25, 0.3) is 5.91 Å². The van der Waals surface area contributed by atoms with Crippen molar-refractivity contribution < 1.29 is 28.1 Å². The van der Waals surface area contributed by atoms with Crippen LogP contribution in [0.1, 0.15) is 37.0 Å². The molecule has 0 aliphatic rings. The number of nitrogens with one attached hydrogen (secondary N) is 1. The van der Waals surface area contributed by atoms with Crippen molar-refractivity contribution in [3.8, 4) is 0 Å². The van der Waals surface area contributed by atoms with E-state index in [1.807, 2.05) is 0 Å². The summed E-state index contributed by atoms with van der Waals surface area (Å²) in [5.74, 6) is -1.10. The number of carbonyl (C=O) groups is 3. The fourth-order valence-electron chi connectivity index (χ4n) is 1.94. The van der Waals surface area contributed by atoms with E-state index in [4.69, 9.17) is 9.47 Å². The molecule has 0 saturated carbocycles. The molecule has 0 spiro atoms. The Balaban J connectivity index is 2.40. The first kappa shape index (κ1) is 20.8. The highest BCUT2D eigenvalue weighted by molar-refractivity contribution is 7.85. The number of hydrogen-bond acceptors (Lipinski definition) is 6. The SMILES string of the molecule is CCOC(=O)CCCNC(=O)COC(=O)c1ccccc1S(=O)CC. The second-order valence-electron chi connectivity index (χ2n) is 4.97. The molecule has 1 unspecified atom stereocenters. The maximum atomic E-state index is 12.1. The Bertz CT molecular complexity index is 631. The molecule has 1 amide bonds. The largest absolute Gasteiger partial charge is 0.466 e. The number of esters is 2. The van der Waals surface area contributed by atoms with E-state index >= 15 is 0 Å². The number of benzene rings is 1. The van der Waals surface area contributed by atoms with Crippen molar-refractivity contribution in [1.82, 2.24) is 5.32 Å². The molecular weight excluding hydrogens is 346 g/mol. The van der Waals surface area contributed by atoms with Gasteiger partial charge in [0.2, 0.25) is 0 Å². The average Bonchev–Trinajstić information content (AvgIpc) is 2.62. The van der Waals surface area contributed by atoms with Gasteiger partial charge < -0.3 is 14.8 Å². The molecular formula is C17H23NO6S. The predicted octanol–water partition coefficient (Wildman–Crippen LogP) is 1.43. The third kappa shape index (κ3) is 7.47. The lowest BCUT2D eigenvalue weighted by atomic mass is 10.2. The molecule has 0 heterocycles. The molecule has 0 aliphatic carbocycles. The molecule has 1 aromatic carbocycles. The van der Waals surface area contributed by atoms with Crippen LogP contribution in [0.5, 0.6) is 0 Å². The van der Waals surface area contributed by atoms with Crippen LogP contribution in [0.4, 0.5) is 0 Å². The predicted molar refractivity (Wildman–Crippen MR) is 92.6 cm³/mol. The number of carbonyl (C=O) groups excluding carboxylic acids is 3. The first-order valence-electron chi connectivity index (χ1n) is 8.06. The molecule has 0 aromatic heterocycles. The summed E-state index contributed by atoms with van der Waals surface area (Å²) < 4.78 is 21.7. The number of hydrogen-bond donors (Lipinski definition) is 1. The molecule has 8 heteroatoms. The van der Waals surface area contributed by atoms with Crippen LogP contribution in [-0.2, 0) is 29.9 Å². The quantitative estimate of drug-likeness (QED) is 0.495. The van der Waals surface area contributed by atoms with Crippen molar-refractivity contribution in [2.45, 2.75) is 31.6 Å². The minimum Gasteiger partial charge on any atom is -0.466 e. The highest BCUT2D eigenvalue weighted by atomic mass is 32.2. The summed E-state index contributed by atoms with van der Waals surface area (Å²) in [6, 6.07) is 6.45. The summed E-state index contributed by atoms with van der Waals surface area (Å²) in [7, 11) is -1.29. The second-order valence-corrected chi connectivity index (χ2v) is 6.67. The Morgan fingerprint density at radius 1 is 1.12 bits per heavy atom. The van der Waals surface area contributed by atoms with E-state index < -0.39 is 29.3 Å². The zero-order valence-electron chi connectivity index (χ0n) is 14.4. The fraction of sp³-hybridized carbons (Fsp3) is 0.471. The standard InChI is InChI=1S/C17H23NO6S/c1-3-23-16(20)10-7-11-18-15(19)12-24-17(21)13-8-5-6-9-14(13)25(22)4-2/h5-6,8-9H,3-4,7,10-12H2,1-2H3,(H,18,19). The van der Waals surface area contributed by atoms with Crippen LogP contribution < -0.4 is 5.32 Å². The summed E-state index contributed by atoms with van der Waals surface area (Å²) in [5, 5.41) is 2.55. The molecule has 0 bridgehead atoms.